The molecule has 2 aromatic rings. The van der Waals surface area contributed by atoms with Gasteiger partial charge < -0.3 is 16.0 Å². The van der Waals surface area contributed by atoms with E-state index in [1.807, 2.05) is 44.3 Å². The van der Waals surface area contributed by atoms with E-state index in [1.54, 1.807) is 6.07 Å². The van der Waals surface area contributed by atoms with Gasteiger partial charge in [-0.2, -0.15) is 0 Å². The number of nitrogens with one attached hydrogen (secondary N) is 3. The summed E-state index contributed by atoms with van der Waals surface area (Å²) in [5.41, 5.74) is 2.73. The van der Waals surface area contributed by atoms with E-state index in [9.17, 15) is 4.79 Å². The zero-order valence-corrected chi connectivity index (χ0v) is 14.2. The molecule has 23 heavy (non-hydrogen) atoms. The van der Waals surface area contributed by atoms with E-state index < -0.39 is 0 Å². The maximum Gasteiger partial charge on any atom is 0.228 e. The minimum atomic E-state index is -0.102. The van der Waals surface area contributed by atoms with Crippen LogP contribution in [0, 0.1) is 5.92 Å². The molecule has 1 atom stereocenters. The summed E-state index contributed by atoms with van der Waals surface area (Å²) in [5.74, 6) is -0.130. The molecular weight excluding hydrogens is 310 g/mol. The monoisotopic (exact) mass is 331 g/mol. The average Bonchev–Trinajstić information content (AvgIpc) is 2.55. The first kappa shape index (κ1) is 17.3. The SMILES string of the molecule is CNCC(C)C(=O)Nc1ccc(NCc2ccccc2)c(Cl)c1. The maximum absolute atomic E-state index is 12.0. The van der Waals surface area contributed by atoms with Crippen LogP contribution < -0.4 is 16.0 Å². The van der Waals surface area contributed by atoms with Gasteiger partial charge in [-0.3, -0.25) is 4.79 Å². The highest BCUT2D eigenvalue weighted by Crippen LogP contribution is 2.26. The van der Waals surface area contributed by atoms with E-state index in [4.69, 9.17) is 11.6 Å². The zero-order valence-electron chi connectivity index (χ0n) is 13.4. The highest BCUT2D eigenvalue weighted by atomic mass is 35.5. The molecule has 2 aromatic carbocycles. The first-order valence-electron chi connectivity index (χ1n) is 7.63. The third kappa shape index (κ3) is 5.27. The van der Waals surface area contributed by atoms with Crippen molar-refractivity contribution < 1.29 is 4.79 Å². The fourth-order valence-electron chi connectivity index (χ4n) is 2.19. The molecule has 0 fully saturated rings. The molecule has 122 valence electrons. The molecule has 4 nitrogen and oxygen atoms in total. The lowest BCUT2D eigenvalue weighted by atomic mass is 10.1. The van der Waals surface area contributed by atoms with Crippen LogP contribution in [-0.4, -0.2) is 19.5 Å². The van der Waals surface area contributed by atoms with Crippen molar-refractivity contribution in [2.75, 3.05) is 24.2 Å². The molecule has 0 saturated heterocycles. The Morgan fingerprint density at radius 3 is 2.57 bits per heavy atom. The van der Waals surface area contributed by atoms with Gasteiger partial charge in [0.25, 0.3) is 0 Å². The van der Waals surface area contributed by atoms with Crippen LogP contribution in [0.25, 0.3) is 0 Å². The fraction of sp³-hybridized carbons (Fsp3) is 0.278. The summed E-state index contributed by atoms with van der Waals surface area (Å²) in [6.45, 7) is 3.21. The van der Waals surface area contributed by atoms with Crippen LogP contribution >= 0.6 is 11.6 Å². The second-order valence-electron chi connectivity index (χ2n) is 5.48. The lowest BCUT2D eigenvalue weighted by molar-refractivity contribution is -0.119. The summed E-state index contributed by atoms with van der Waals surface area (Å²) in [7, 11) is 1.83. The molecule has 5 heteroatoms. The Morgan fingerprint density at radius 1 is 1.17 bits per heavy atom. The predicted octanol–water partition coefficient (Wildman–Crippen LogP) is 3.75. The van der Waals surface area contributed by atoms with Gasteiger partial charge in [0, 0.05) is 24.7 Å². The third-order valence-electron chi connectivity index (χ3n) is 3.52. The van der Waals surface area contributed by atoms with Gasteiger partial charge in [0.2, 0.25) is 5.91 Å². The summed E-state index contributed by atoms with van der Waals surface area (Å²) < 4.78 is 0. The van der Waals surface area contributed by atoms with Gasteiger partial charge in [-0.1, -0.05) is 48.9 Å². The average molecular weight is 332 g/mol. The van der Waals surface area contributed by atoms with Crippen LogP contribution in [0.5, 0.6) is 0 Å². The van der Waals surface area contributed by atoms with Crippen molar-refractivity contribution in [1.29, 1.82) is 0 Å². The molecule has 3 N–H and O–H groups in total. The van der Waals surface area contributed by atoms with E-state index >= 15 is 0 Å². The molecule has 0 bridgehead atoms. The number of hydrogen-bond acceptors (Lipinski definition) is 3. The molecular formula is C18H22ClN3O. The van der Waals surface area contributed by atoms with Gasteiger partial charge in [0.1, 0.15) is 0 Å². The van der Waals surface area contributed by atoms with Crippen LogP contribution in [0.4, 0.5) is 11.4 Å². The minimum absolute atomic E-state index is 0.0274. The molecule has 1 amide bonds. The number of benzene rings is 2. The molecule has 0 radical (unpaired) electrons. The van der Waals surface area contributed by atoms with Crippen molar-refractivity contribution in [3.63, 3.8) is 0 Å². The number of carbonyl (C=O) groups is 1. The molecule has 1 unspecified atom stereocenters. The number of rotatable bonds is 7. The quantitative estimate of drug-likeness (QED) is 0.724. The van der Waals surface area contributed by atoms with Gasteiger partial charge in [-0.15, -0.1) is 0 Å². The second-order valence-corrected chi connectivity index (χ2v) is 5.89. The standard InChI is InChI=1S/C18H22ClN3O/c1-13(11-20-2)18(23)22-15-8-9-17(16(19)10-15)21-12-14-6-4-3-5-7-14/h3-10,13,20-21H,11-12H2,1-2H3,(H,22,23). The van der Waals surface area contributed by atoms with Crippen molar-refractivity contribution in [2.45, 2.75) is 13.5 Å². The summed E-state index contributed by atoms with van der Waals surface area (Å²) in [6.07, 6.45) is 0. The Bertz CT molecular complexity index is 646. The Morgan fingerprint density at radius 2 is 1.91 bits per heavy atom. The van der Waals surface area contributed by atoms with Crippen LogP contribution in [0.15, 0.2) is 48.5 Å². The van der Waals surface area contributed by atoms with Crippen LogP contribution in [0.1, 0.15) is 12.5 Å². The second kappa shape index (κ2) is 8.56. The van der Waals surface area contributed by atoms with Crippen molar-refractivity contribution in [2.24, 2.45) is 5.92 Å². The van der Waals surface area contributed by atoms with E-state index in [0.29, 0.717) is 23.8 Å². The van der Waals surface area contributed by atoms with Crippen LogP contribution in [0.3, 0.4) is 0 Å². The Labute approximate surface area is 142 Å². The molecule has 0 aromatic heterocycles. The molecule has 0 aliphatic carbocycles. The smallest absolute Gasteiger partial charge is 0.228 e. The molecule has 0 heterocycles. The number of carbonyl (C=O) groups excluding carboxylic acids is 1. The fourth-order valence-corrected chi connectivity index (χ4v) is 2.44. The van der Waals surface area contributed by atoms with Gasteiger partial charge in [0.15, 0.2) is 0 Å². The normalized spacial score (nSPS) is 11.8. The summed E-state index contributed by atoms with van der Waals surface area (Å²) in [6, 6.07) is 15.6. The lowest BCUT2D eigenvalue weighted by Gasteiger charge is -2.13. The molecule has 0 aliphatic heterocycles. The Kier molecular flexibility index (Phi) is 6.44. The van der Waals surface area contributed by atoms with Crippen molar-refractivity contribution in [3.8, 4) is 0 Å². The van der Waals surface area contributed by atoms with E-state index in [2.05, 4.69) is 28.1 Å². The first-order chi connectivity index (χ1) is 11.1. The molecule has 0 spiro atoms. The van der Waals surface area contributed by atoms with Gasteiger partial charge in [-0.05, 0) is 30.8 Å². The van der Waals surface area contributed by atoms with Crippen molar-refractivity contribution in [1.82, 2.24) is 5.32 Å². The van der Waals surface area contributed by atoms with Gasteiger partial charge >= 0.3 is 0 Å². The topological polar surface area (TPSA) is 53.2 Å². The van der Waals surface area contributed by atoms with Gasteiger partial charge in [-0.25, -0.2) is 0 Å². The Balaban J connectivity index is 1.96. The first-order valence-corrected chi connectivity index (χ1v) is 8.00. The number of amides is 1. The zero-order chi connectivity index (χ0) is 16.7. The number of halogens is 1. The number of hydrogen-bond donors (Lipinski definition) is 3. The number of anilines is 2. The lowest BCUT2D eigenvalue weighted by Crippen LogP contribution is -2.28. The maximum atomic E-state index is 12.0. The van der Waals surface area contributed by atoms with E-state index in [0.717, 1.165) is 5.69 Å². The Hall–Kier alpha value is -2.04. The summed E-state index contributed by atoms with van der Waals surface area (Å²) >= 11 is 6.29. The molecule has 0 saturated carbocycles. The third-order valence-corrected chi connectivity index (χ3v) is 3.83. The minimum Gasteiger partial charge on any atom is -0.380 e. The van der Waals surface area contributed by atoms with Crippen LogP contribution in [-0.2, 0) is 11.3 Å². The largest absolute Gasteiger partial charge is 0.380 e. The summed E-state index contributed by atoms with van der Waals surface area (Å²) in [4.78, 5) is 12.0. The molecule has 0 aliphatic rings. The van der Waals surface area contributed by atoms with Crippen LogP contribution in [0.2, 0.25) is 5.02 Å². The van der Waals surface area contributed by atoms with Gasteiger partial charge in [0.05, 0.1) is 10.7 Å². The summed E-state index contributed by atoms with van der Waals surface area (Å²) in [5, 5.41) is 9.75. The predicted molar refractivity (Wildman–Crippen MR) is 96.9 cm³/mol. The van der Waals surface area contributed by atoms with E-state index in [1.165, 1.54) is 5.56 Å². The van der Waals surface area contributed by atoms with Crippen molar-refractivity contribution >= 4 is 28.9 Å². The van der Waals surface area contributed by atoms with Crippen molar-refractivity contribution in [3.05, 3.63) is 59.1 Å². The highest BCUT2D eigenvalue weighted by molar-refractivity contribution is 6.33. The molecule has 2 rings (SSSR count). The van der Waals surface area contributed by atoms with E-state index in [-0.39, 0.29) is 11.8 Å². The highest BCUT2D eigenvalue weighted by Gasteiger charge is 2.12.